The van der Waals surface area contributed by atoms with E-state index in [2.05, 4.69) is 34.2 Å². The molecule has 0 radical (unpaired) electrons. The van der Waals surface area contributed by atoms with Crippen molar-refractivity contribution in [3.8, 4) is 33.9 Å². The van der Waals surface area contributed by atoms with Crippen molar-refractivity contribution in [1.29, 1.82) is 0 Å². The minimum atomic E-state index is -0.721. The second-order valence-corrected chi connectivity index (χ2v) is 11.2. The van der Waals surface area contributed by atoms with Gasteiger partial charge in [-0.15, -0.1) is 10.2 Å². The second-order valence-electron chi connectivity index (χ2n) is 10.0. The molecule has 0 amide bonds. The fourth-order valence-corrected chi connectivity index (χ4v) is 6.12. The van der Waals surface area contributed by atoms with E-state index in [-0.39, 0.29) is 12.0 Å². The minimum absolute atomic E-state index is 0.209. The SMILES string of the molecule is COc1ccc([C@]2(C#Cc3cccc(-c4nnc(C)s4)c3)CC[C@@H](C(=O)O)CC2)cc1OC1CCCC1. The topological polar surface area (TPSA) is 81.5 Å². The van der Waals surface area contributed by atoms with Crippen LogP contribution in [0.1, 0.15) is 67.5 Å². The highest BCUT2D eigenvalue weighted by atomic mass is 32.1. The number of ether oxygens (including phenoxy) is 2. The third-order valence-electron chi connectivity index (χ3n) is 7.58. The fourth-order valence-electron chi connectivity index (χ4n) is 5.43. The molecule has 37 heavy (non-hydrogen) atoms. The summed E-state index contributed by atoms with van der Waals surface area (Å²) in [7, 11) is 1.66. The molecule has 7 heteroatoms. The number of nitrogens with zero attached hydrogens (tertiary/aromatic N) is 2. The molecule has 0 aliphatic heterocycles. The molecule has 2 saturated carbocycles. The zero-order chi connectivity index (χ0) is 25.8. The second kappa shape index (κ2) is 10.9. The number of aromatic nitrogens is 2. The van der Waals surface area contributed by atoms with Crippen LogP contribution in [0.25, 0.3) is 10.6 Å². The smallest absolute Gasteiger partial charge is 0.306 e. The van der Waals surface area contributed by atoms with Crippen LogP contribution < -0.4 is 9.47 Å². The lowest BCUT2D eigenvalue weighted by molar-refractivity contribution is -0.143. The molecule has 0 atom stereocenters. The first-order chi connectivity index (χ1) is 18.0. The first kappa shape index (κ1) is 25.3. The molecule has 1 heterocycles. The molecule has 2 aliphatic carbocycles. The zero-order valence-electron chi connectivity index (χ0n) is 21.3. The average molecular weight is 517 g/mol. The maximum Gasteiger partial charge on any atom is 0.306 e. The molecule has 6 nitrogen and oxygen atoms in total. The number of hydrogen-bond acceptors (Lipinski definition) is 6. The van der Waals surface area contributed by atoms with Crippen LogP contribution in [0.2, 0.25) is 0 Å². The molecular weight excluding hydrogens is 484 g/mol. The number of aryl methyl sites for hydroxylation is 1. The lowest BCUT2D eigenvalue weighted by Crippen LogP contribution is -2.33. The molecule has 2 aromatic carbocycles. The van der Waals surface area contributed by atoms with Crippen molar-refractivity contribution < 1.29 is 19.4 Å². The van der Waals surface area contributed by atoms with Crippen molar-refractivity contribution in [1.82, 2.24) is 10.2 Å². The van der Waals surface area contributed by atoms with E-state index in [0.717, 1.165) is 51.0 Å². The van der Waals surface area contributed by atoms with Gasteiger partial charge in [0.2, 0.25) is 0 Å². The normalized spacial score (nSPS) is 21.7. The summed E-state index contributed by atoms with van der Waals surface area (Å²) in [6.45, 7) is 1.95. The van der Waals surface area contributed by atoms with Crippen molar-refractivity contribution in [2.24, 2.45) is 5.92 Å². The van der Waals surface area contributed by atoms with Crippen LogP contribution in [0.15, 0.2) is 42.5 Å². The number of hydrogen-bond donors (Lipinski definition) is 1. The van der Waals surface area contributed by atoms with Gasteiger partial charge in [0.1, 0.15) is 10.0 Å². The highest BCUT2D eigenvalue weighted by molar-refractivity contribution is 7.14. The molecule has 3 aromatic rings. The number of aliphatic carboxylic acids is 1. The van der Waals surface area contributed by atoms with E-state index in [1.807, 2.05) is 37.3 Å². The maximum atomic E-state index is 11.7. The number of benzene rings is 2. The Morgan fingerprint density at radius 3 is 2.51 bits per heavy atom. The van der Waals surface area contributed by atoms with Gasteiger partial charge in [0.05, 0.1) is 24.5 Å². The Morgan fingerprint density at radius 1 is 1.05 bits per heavy atom. The van der Waals surface area contributed by atoms with Gasteiger partial charge in [0, 0.05) is 11.1 Å². The summed E-state index contributed by atoms with van der Waals surface area (Å²) < 4.78 is 12.0. The highest BCUT2D eigenvalue weighted by Gasteiger charge is 2.38. The zero-order valence-corrected chi connectivity index (χ0v) is 22.1. The lowest BCUT2D eigenvalue weighted by Gasteiger charge is -2.36. The summed E-state index contributed by atoms with van der Waals surface area (Å²) >= 11 is 1.56. The van der Waals surface area contributed by atoms with Crippen LogP contribution >= 0.6 is 11.3 Å². The summed E-state index contributed by atoms with van der Waals surface area (Å²) in [6.07, 6.45) is 7.26. The van der Waals surface area contributed by atoms with Crippen molar-refractivity contribution in [3.63, 3.8) is 0 Å². The maximum absolute atomic E-state index is 11.7. The third-order valence-corrected chi connectivity index (χ3v) is 8.47. The molecule has 1 N–H and O–H groups in total. The van der Waals surface area contributed by atoms with Crippen LogP contribution in [0.4, 0.5) is 0 Å². The Hall–Kier alpha value is -3.37. The predicted molar refractivity (Wildman–Crippen MR) is 144 cm³/mol. The average Bonchev–Trinajstić information content (AvgIpc) is 3.59. The van der Waals surface area contributed by atoms with Gasteiger partial charge in [0.25, 0.3) is 0 Å². The van der Waals surface area contributed by atoms with Crippen molar-refractivity contribution in [2.75, 3.05) is 7.11 Å². The Morgan fingerprint density at radius 2 is 1.84 bits per heavy atom. The van der Waals surface area contributed by atoms with Crippen molar-refractivity contribution in [2.45, 2.75) is 69.8 Å². The molecule has 5 rings (SSSR count). The molecular formula is C30H32N2O4S. The summed E-state index contributed by atoms with van der Waals surface area (Å²) in [5, 5.41) is 19.8. The predicted octanol–water partition coefficient (Wildman–Crippen LogP) is 6.41. The van der Waals surface area contributed by atoms with E-state index in [1.165, 1.54) is 12.8 Å². The van der Waals surface area contributed by atoms with Crippen LogP contribution in [0.5, 0.6) is 11.5 Å². The van der Waals surface area contributed by atoms with Gasteiger partial charge in [-0.3, -0.25) is 4.79 Å². The van der Waals surface area contributed by atoms with E-state index >= 15 is 0 Å². The molecule has 2 fully saturated rings. The standard InChI is InChI=1S/C30H32N2O4S/c1-20-31-32-28(37-20)23-7-5-6-21(18-23)12-15-30(16-13-22(14-17-30)29(33)34)24-10-11-26(35-2)27(19-24)36-25-8-3-4-9-25/h5-7,10-11,18-19,22,25H,3-4,8-9,13-14,16-17H2,1-2H3,(H,33,34)/t22-,30-. The van der Waals surface area contributed by atoms with Crippen molar-refractivity contribution in [3.05, 3.63) is 58.6 Å². The number of carboxylic acid groups (broad SMARTS) is 1. The monoisotopic (exact) mass is 516 g/mol. The minimum Gasteiger partial charge on any atom is -0.493 e. The van der Waals surface area contributed by atoms with Gasteiger partial charge in [-0.2, -0.15) is 0 Å². The lowest BCUT2D eigenvalue weighted by atomic mass is 9.67. The van der Waals surface area contributed by atoms with E-state index < -0.39 is 11.4 Å². The van der Waals surface area contributed by atoms with E-state index in [4.69, 9.17) is 9.47 Å². The van der Waals surface area contributed by atoms with Gasteiger partial charge in [-0.1, -0.05) is 41.4 Å². The van der Waals surface area contributed by atoms with E-state index in [9.17, 15) is 9.90 Å². The van der Waals surface area contributed by atoms with Crippen LogP contribution in [-0.2, 0) is 10.2 Å². The van der Waals surface area contributed by atoms with Crippen LogP contribution in [0.3, 0.4) is 0 Å². The summed E-state index contributed by atoms with van der Waals surface area (Å²) in [4.78, 5) is 11.7. The van der Waals surface area contributed by atoms with Gasteiger partial charge in [0.15, 0.2) is 11.5 Å². The van der Waals surface area contributed by atoms with Crippen LogP contribution in [-0.4, -0.2) is 34.5 Å². The molecule has 0 bridgehead atoms. The van der Waals surface area contributed by atoms with Crippen LogP contribution in [0, 0.1) is 24.7 Å². The molecule has 192 valence electrons. The quantitative estimate of drug-likeness (QED) is 0.382. The molecule has 0 spiro atoms. The van der Waals surface area contributed by atoms with Gasteiger partial charge in [-0.05, 0) is 88.1 Å². The Bertz CT molecular complexity index is 1320. The number of carboxylic acids is 1. The summed E-state index contributed by atoms with van der Waals surface area (Å²) in [6, 6.07) is 14.2. The largest absolute Gasteiger partial charge is 0.493 e. The number of carbonyl (C=O) groups is 1. The molecule has 0 saturated heterocycles. The molecule has 0 unspecified atom stereocenters. The Labute approximate surface area is 222 Å². The Kier molecular flexibility index (Phi) is 7.48. The molecule has 1 aromatic heterocycles. The van der Waals surface area contributed by atoms with E-state index in [1.54, 1.807) is 18.4 Å². The third kappa shape index (κ3) is 5.65. The highest BCUT2D eigenvalue weighted by Crippen LogP contribution is 2.44. The number of methoxy groups -OCH3 is 1. The molecule has 2 aliphatic rings. The first-order valence-electron chi connectivity index (χ1n) is 13.0. The van der Waals surface area contributed by atoms with Gasteiger partial charge in [-0.25, -0.2) is 0 Å². The fraction of sp³-hybridized carbons (Fsp3) is 0.433. The van der Waals surface area contributed by atoms with Crippen molar-refractivity contribution >= 4 is 17.3 Å². The van der Waals surface area contributed by atoms with E-state index in [0.29, 0.717) is 25.7 Å². The first-order valence-corrected chi connectivity index (χ1v) is 13.8. The number of rotatable bonds is 6. The summed E-state index contributed by atoms with van der Waals surface area (Å²) in [5.74, 6) is 7.44. The summed E-state index contributed by atoms with van der Waals surface area (Å²) in [5.41, 5.74) is 2.51. The Balaban J connectivity index is 1.50. The van der Waals surface area contributed by atoms with Gasteiger partial charge >= 0.3 is 5.97 Å². The van der Waals surface area contributed by atoms with Gasteiger partial charge < -0.3 is 14.6 Å².